The largest absolute Gasteiger partial charge is 0.477 e. The molecule has 18 heavy (non-hydrogen) atoms. The third-order valence-corrected chi connectivity index (χ3v) is 2.10. The maximum Gasteiger partial charge on any atom is 0.415 e. The van der Waals surface area contributed by atoms with Crippen molar-refractivity contribution in [2.24, 2.45) is 7.05 Å². The van der Waals surface area contributed by atoms with Crippen LogP contribution < -0.4 is 4.90 Å². The molecule has 7 heteroatoms. The molecular formula is C11H17N3O4. The second-order valence-electron chi connectivity index (χ2n) is 4.86. The van der Waals surface area contributed by atoms with Gasteiger partial charge in [0.15, 0.2) is 5.82 Å². The van der Waals surface area contributed by atoms with Crippen molar-refractivity contribution >= 4 is 17.9 Å². The fourth-order valence-corrected chi connectivity index (χ4v) is 1.24. The van der Waals surface area contributed by atoms with Crippen LogP contribution in [0.4, 0.5) is 10.6 Å². The molecule has 0 fully saturated rings. The molecule has 0 unspecified atom stereocenters. The van der Waals surface area contributed by atoms with E-state index in [-0.39, 0.29) is 11.5 Å². The molecule has 1 rings (SSSR count). The standard InChI is InChI=1S/C11H17N3O4/c1-11(2,3)18-10(17)13(4)8-6-7(9(15)16)14(5)12-8/h6H,1-5H3,(H,15,16). The zero-order chi connectivity index (χ0) is 14.1. The summed E-state index contributed by atoms with van der Waals surface area (Å²) in [5, 5.41) is 12.8. The molecule has 0 bridgehead atoms. The summed E-state index contributed by atoms with van der Waals surface area (Å²) in [5.74, 6) is -0.877. The van der Waals surface area contributed by atoms with E-state index < -0.39 is 17.7 Å². The fourth-order valence-electron chi connectivity index (χ4n) is 1.24. The lowest BCUT2D eigenvalue weighted by Crippen LogP contribution is -2.34. The normalized spacial score (nSPS) is 11.2. The molecule has 0 aliphatic rings. The van der Waals surface area contributed by atoms with Crippen molar-refractivity contribution in [3.05, 3.63) is 11.8 Å². The van der Waals surface area contributed by atoms with E-state index in [4.69, 9.17) is 9.84 Å². The number of aromatic nitrogens is 2. The fraction of sp³-hybridized carbons (Fsp3) is 0.545. The molecule has 1 N–H and O–H groups in total. The van der Waals surface area contributed by atoms with Crippen LogP contribution in [-0.4, -0.2) is 39.6 Å². The first kappa shape index (κ1) is 14.0. The summed E-state index contributed by atoms with van der Waals surface area (Å²) in [5.41, 5.74) is -0.615. The lowest BCUT2D eigenvalue weighted by Gasteiger charge is -2.23. The van der Waals surface area contributed by atoms with Gasteiger partial charge in [0.05, 0.1) is 0 Å². The first-order valence-corrected chi connectivity index (χ1v) is 5.36. The third-order valence-electron chi connectivity index (χ3n) is 2.10. The molecule has 0 saturated carbocycles. The van der Waals surface area contributed by atoms with Gasteiger partial charge in [-0.25, -0.2) is 9.59 Å². The van der Waals surface area contributed by atoms with Gasteiger partial charge in [-0.2, -0.15) is 5.10 Å². The highest BCUT2D eigenvalue weighted by atomic mass is 16.6. The highest BCUT2D eigenvalue weighted by Gasteiger charge is 2.23. The van der Waals surface area contributed by atoms with Gasteiger partial charge in [0.1, 0.15) is 11.3 Å². The number of aryl methyl sites for hydroxylation is 1. The molecule has 0 saturated heterocycles. The number of rotatable bonds is 2. The van der Waals surface area contributed by atoms with Crippen LogP contribution in [0.25, 0.3) is 0 Å². The minimum absolute atomic E-state index is 0.000378. The second-order valence-corrected chi connectivity index (χ2v) is 4.86. The first-order chi connectivity index (χ1) is 8.11. The van der Waals surface area contributed by atoms with Crippen LogP contribution >= 0.6 is 0 Å². The number of carbonyl (C=O) groups is 2. The molecule has 1 aromatic rings. The highest BCUT2D eigenvalue weighted by molar-refractivity contribution is 5.90. The van der Waals surface area contributed by atoms with Gasteiger partial charge in [-0.3, -0.25) is 9.58 Å². The summed E-state index contributed by atoms with van der Waals surface area (Å²) in [6.45, 7) is 5.25. The number of amides is 1. The van der Waals surface area contributed by atoms with Gasteiger partial charge in [-0.15, -0.1) is 0 Å². The van der Waals surface area contributed by atoms with Crippen molar-refractivity contribution in [1.29, 1.82) is 0 Å². The number of hydrogen-bond donors (Lipinski definition) is 1. The van der Waals surface area contributed by atoms with Crippen LogP contribution in [0, 0.1) is 0 Å². The Balaban J connectivity index is 2.91. The molecule has 0 aliphatic carbocycles. The summed E-state index contributed by atoms with van der Waals surface area (Å²) >= 11 is 0. The number of carboxylic acid groups (broad SMARTS) is 1. The van der Waals surface area contributed by atoms with Gasteiger partial charge in [-0.05, 0) is 20.8 Å². The number of carboxylic acids is 1. The summed E-state index contributed by atoms with van der Waals surface area (Å²) in [6.07, 6.45) is -0.586. The van der Waals surface area contributed by atoms with E-state index in [0.29, 0.717) is 0 Å². The Hall–Kier alpha value is -2.05. The van der Waals surface area contributed by atoms with Crippen LogP contribution in [0.15, 0.2) is 6.07 Å². The Morgan fingerprint density at radius 3 is 2.39 bits per heavy atom. The number of nitrogens with zero attached hydrogens (tertiary/aromatic N) is 3. The van der Waals surface area contributed by atoms with Crippen LogP contribution in [0.1, 0.15) is 31.3 Å². The maximum absolute atomic E-state index is 11.8. The van der Waals surface area contributed by atoms with Gasteiger partial charge in [-0.1, -0.05) is 0 Å². The SMILES string of the molecule is CN(C(=O)OC(C)(C)C)c1cc(C(=O)O)n(C)n1. The predicted molar refractivity (Wildman–Crippen MR) is 64.8 cm³/mol. The zero-order valence-electron chi connectivity index (χ0n) is 11.1. The Kier molecular flexibility index (Phi) is 3.64. The number of hydrogen-bond acceptors (Lipinski definition) is 4. The number of carbonyl (C=O) groups excluding carboxylic acids is 1. The molecule has 0 spiro atoms. The average molecular weight is 255 g/mol. The summed E-state index contributed by atoms with van der Waals surface area (Å²) < 4.78 is 6.35. The monoisotopic (exact) mass is 255 g/mol. The Morgan fingerprint density at radius 1 is 1.44 bits per heavy atom. The molecule has 1 amide bonds. The van der Waals surface area contributed by atoms with E-state index in [1.807, 2.05) is 0 Å². The zero-order valence-corrected chi connectivity index (χ0v) is 11.1. The molecular weight excluding hydrogens is 238 g/mol. The molecule has 7 nitrogen and oxygen atoms in total. The average Bonchev–Trinajstić information content (AvgIpc) is 2.56. The van der Waals surface area contributed by atoms with Crippen LogP contribution in [0.5, 0.6) is 0 Å². The van der Waals surface area contributed by atoms with Crippen molar-refractivity contribution in [1.82, 2.24) is 9.78 Å². The van der Waals surface area contributed by atoms with E-state index in [0.717, 1.165) is 4.90 Å². The summed E-state index contributed by atoms with van der Waals surface area (Å²) in [4.78, 5) is 23.8. The van der Waals surface area contributed by atoms with Crippen molar-refractivity contribution in [2.45, 2.75) is 26.4 Å². The van der Waals surface area contributed by atoms with Crippen molar-refractivity contribution in [2.75, 3.05) is 11.9 Å². The maximum atomic E-state index is 11.8. The number of anilines is 1. The lowest BCUT2D eigenvalue weighted by atomic mass is 10.2. The lowest BCUT2D eigenvalue weighted by molar-refractivity contribution is 0.0587. The van der Waals surface area contributed by atoms with E-state index in [9.17, 15) is 9.59 Å². The third kappa shape index (κ3) is 3.22. The molecule has 100 valence electrons. The second kappa shape index (κ2) is 4.67. The Morgan fingerprint density at radius 2 is 2.00 bits per heavy atom. The van der Waals surface area contributed by atoms with Gasteiger partial charge in [0.2, 0.25) is 0 Å². The van der Waals surface area contributed by atoms with Gasteiger partial charge < -0.3 is 9.84 Å². The van der Waals surface area contributed by atoms with E-state index >= 15 is 0 Å². The van der Waals surface area contributed by atoms with Gasteiger partial charge in [0.25, 0.3) is 0 Å². The first-order valence-electron chi connectivity index (χ1n) is 5.36. The Bertz CT molecular complexity index is 473. The van der Waals surface area contributed by atoms with E-state index in [1.165, 1.54) is 24.8 Å². The Labute approximate surface area is 105 Å². The predicted octanol–water partition coefficient (Wildman–Crippen LogP) is 1.49. The minimum atomic E-state index is -1.10. The molecule has 0 radical (unpaired) electrons. The van der Waals surface area contributed by atoms with E-state index in [1.54, 1.807) is 20.8 Å². The van der Waals surface area contributed by atoms with Crippen molar-refractivity contribution in [3.8, 4) is 0 Å². The van der Waals surface area contributed by atoms with Crippen LogP contribution in [0.2, 0.25) is 0 Å². The van der Waals surface area contributed by atoms with Crippen LogP contribution in [-0.2, 0) is 11.8 Å². The number of aromatic carboxylic acids is 1. The van der Waals surface area contributed by atoms with Gasteiger partial charge >= 0.3 is 12.1 Å². The summed E-state index contributed by atoms with van der Waals surface area (Å²) in [7, 11) is 2.97. The van der Waals surface area contributed by atoms with Gasteiger partial charge in [0, 0.05) is 20.2 Å². The molecule has 1 heterocycles. The van der Waals surface area contributed by atoms with E-state index in [2.05, 4.69) is 5.10 Å². The minimum Gasteiger partial charge on any atom is -0.477 e. The van der Waals surface area contributed by atoms with Crippen LogP contribution in [0.3, 0.4) is 0 Å². The summed E-state index contributed by atoms with van der Waals surface area (Å²) in [6, 6.07) is 1.31. The molecule has 0 atom stereocenters. The quantitative estimate of drug-likeness (QED) is 0.865. The molecule has 0 aliphatic heterocycles. The molecule has 0 aromatic carbocycles. The smallest absolute Gasteiger partial charge is 0.415 e. The van der Waals surface area contributed by atoms with Crippen molar-refractivity contribution < 1.29 is 19.4 Å². The number of ether oxygens (including phenoxy) is 1. The molecule has 1 aromatic heterocycles. The highest BCUT2D eigenvalue weighted by Crippen LogP contribution is 2.16. The topological polar surface area (TPSA) is 84.7 Å². The van der Waals surface area contributed by atoms with Crippen molar-refractivity contribution in [3.63, 3.8) is 0 Å².